The predicted octanol–water partition coefficient (Wildman–Crippen LogP) is 2.18. The Hall–Kier alpha value is -1.32. The number of nitrogens with one attached hydrogen (secondary N) is 1. The van der Waals surface area contributed by atoms with Gasteiger partial charge in [0.05, 0.1) is 18.0 Å². The lowest BCUT2D eigenvalue weighted by molar-refractivity contribution is 0.480. The zero-order chi connectivity index (χ0) is 9.68. The number of anilines is 2. The van der Waals surface area contributed by atoms with E-state index in [1.54, 1.807) is 6.07 Å². The quantitative estimate of drug-likeness (QED) is 0.558. The second-order valence-corrected chi connectivity index (χ2v) is 2.67. The topological polar surface area (TPSA) is 38.0 Å². The van der Waals surface area contributed by atoms with E-state index in [0.29, 0.717) is 18.7 Å². The SMILES string of the molecule is Nc1cccc(F)c1NCCCF. The average molecular weight is 186 g/mol. The van der Waals surface area contributed by atoms with E-state index < -0.39 is 12.5 Å². The summed E-state index contributed by atoms with van der Waals surface area (Å²) in [5.41, 5.74) is 6.11. The zero-order valence-electron chi connectivity index (χ0n) is 7.19. The van der Waals surface area contributed by atoms with E-state index in [-0.39, 0.29) is 5.69 Å². The van der Waals surface area contributed by atoms with Crippen LogP contribution in [-0.4, -0.2) is 13.2 Å². The molecule has 0 atom stereocenters. The van der Waals surface area contributed by atoms with Crippen LogP contribution in [0.3, 0.4) is 0 Å². The van der Waals surface area contributed by atoms with E-state index in [0.717, 1.165) is 0 Å². The molecule has 0 radical (unpaired) electrons. The van der Waals surface area contributed by atoms with Crippen molar-refractivity contribution in [3.63, 3.8) is 0 Å². The third-order valence-electron chi connectivity index (χ3n) is 1.66. The lowest BCUT2D eigenvalue weighted by Crippen LogP contribution is -2.06. The maximum absolute atomic E-state index is 13.0. The normalized spacial score (nSPS) is 10.0. The monoisotopic (exact) mass is 186 g/mol. The van der Waals surface area contributed by atoms with Gasteiger partial charge in [-0.2, -0.15) is 0 Å². The third kappa shape index (κ3) is 2.57. The number of halogens is 2. The van der Waals surface area contributed by atoms with Gasteiger partial charge < -0.3 is 11.1 Å². The number of rotatable bonds is 4. The maximum Gasteiger partial charge on any atom is 0.148 e. The number of alkyl halides is 1. The van der Waals surface area contributed by atoms with E-state index in [2.05, 4.69) is 5.32 Å². The highest BCUT2D eigenvalue weighted by Gasteiger charge is 2.03. The van der Waals surface area contributed by atoms with Crippen molar-refractivity contribution in [3.05, 3.63) is 24.0 Å². The summed E-state index contributed by atoms with van der Waals surface area (Å²) < 4.78 is 24.8. The van der Waals surface area contributed by atoms with Crippen molar-refractivity contribution in [2.75, 3.05) is 24.3 Å². The summed E-state index contributed by atoms with van der Waals surface area (Å²) in [5, 5.41) is 2.74. The first-order chi connectivity index (χ1) is 6.25. The minimum atomic E-state index is -0.415. The van der Waals surface area contributed by atoms with Gasteiger partial charge in [-0.1, -0.05) is 6.07 Å². The molecule has 0 spiro atoms. The summed E-state index contributed by atoms with van der Waals surface area (Å²) in [5.74, 6) is -0.404. The molecule has 0 fully saturated rings. The van der Waals surface area contributed by atoms with Crippen molar-refractivity contribution >= 4 is 11.4 Å². The van der Waals surface area contributed by atoms with Crippen LogP contribution in [0.5, 0.6) is 0 Å². The van der Waals surface area contributed by atoms with E-state index in [1.807, 2.05) is 0 Å². The van der Waals surface area contributed by atoms with E-state index >= 15 is 0 Å². The molecule has 0 saturated heterocycles. The first-order valence-electron chi connectivity index (χ1n) is 4.09. The van der Waals surface area contributed by atoms with Gasteiger partial charge >= 0.3 is 0 Å². The third-order valence-corrected chi connectivity index (χ3v) is 1.66. The molecule has 0 heterocycles. The molecule has 0 bridgehead atoms. The van der Waals surface area contributed by atoms with Gasteiger partial charge in [-0.25, -0.2) is 4.39 Å². The highest BCUT2D eigenvalue weighted by atomic mass is 19.1. The summed E-state index contributed by atoms with van der Waals surface area (Å²) in [6, 6.07) is 4.44. The summed E-state index contributed by atoms with van der Waals surface area (Å²) in [6.45, 7) is -0.0248. The van der Waals surface area contributed by atoms with Crippen molar-refractivity contribution in [2.45, 2.75) is 6.42 Å². The fraction of sp³-hybridized carbons (Fsp3) is 0.333. The van der Waals surface area contributed by atoms with E-state index in [4.69, 9.17) is 5.73 Å². The van der Waals surface area contributed by atoms with Crippen molar-refractivity contribution < 1.29 is 8.78 Å². The summed E-state index contributed by atoms with van der Waals surface area (Å²) in [7, 11) is 0. The molecule has 0 aliphatic heterocycles. The van der Waals surface area contributed by atoms with Crippen LogP contribution < -0.4 is 11.1 Å². The molecule has 1 aromatic carbocycles. The van der Waals surface area contributed by atoms with Crippen LogP contribution in [0.25, 0.3) is 0 Å². The number of hydrogen-bond donors (Lipinski definition) is 2. The van der Waals surface area contributed by atoms with Crippen LogP contribution in [0.4, 0.5) is 20.2 Å². The molecule has 13 heavy (non-hydrogen) atoms. The van der Waals surface area contributed by atoms with Crippen LogP contribution in [0.1, 0.15) is 6.42 Å². The van der Waals surface area contributed by atoms with Gasteiger partial charge in [0.25, 0.3) is 0 Å². The van der Waals surface area contributed by atoms with E-state index in [9.17, 15) is 8.78 Å². The number of para-hydroxylation sites is 1. The molecule has 0 aliphatic carbocycles. The Balaban J connectivity index is 2.64. The number of nitrogen functional groups attached to an aromatic ring is 1. The van der Waals surface area contributed by atoms with Crippen molar-refractivity contribution in [1.82, 2.24) is 0 Å². The Morgan fingerprint density at radius 2 is 2.15 bits per heavy atom. The second kappa shape index (κ2) is 4.64. The predicted molar refractivity (Wildman–Crippen MR) is 49.9 cm³/mol. The van der Waals surface area contributed by atoms with Crippen LogP contribution in [0, 0.1) is 5.82 Å². The van der Waals surface area contributed by atoms with Gasteiger partial charge in [0.1, 0.15) is 5.82 Å². The number of benzene rings is 1. The maximum atomic E-state index is 13.0. The van der Waals surface area contributed by atoms with Gasteiger partial charge in [-0.05, 0) is 18.6 Å². The first kappa shape index (κ1) is 9.77. The smallest absolute Gasteiger partial charge is 0.148 e. The van der Waals surface area contributed by atoms with Gasteiger partial charge in [-0.3, -0.25) is 4.39 Å². The van der Waals surface area contributed by atoms with Gasteiger partial charge in [0.2, 0.25) is 0 Å². The number of hydrogen-bond acceptors (Lipinski definition) is 2. The highest BCUT2D eigenvalue weighted by Crippen LogP contribution is 2.21. The second-order valence-electron chi connectivity index (χ2n) is 2.67. The average Bonchev–Trinajstić information content (AvgIpc) is 2.10. The minimum Gasteiger partial charge on any atom is -0.397 e. The van der Waals surface area contributed by atoms with Gasteiger partial charge in [0.15, 0.2) is 0 Å². The molecule has 1 rings (SSSR count). The molecule has 1 aromatic rings. The molecule has 0 aliphatic rings. The summed E-state index contributed by atoms with van der Waals surface area (Å²) >= 11 is 0. The molecule has 3 N–H and O–H groups in total. The summed E-state index contributed by atoms with van der Waals surface area (Å²) in [6.07, 6.45) is 0.355. The first-order valence-corrected chi connectivity index (χ1v) is 4.09. The molecule has 72 valence electrons. The van der Waals surface area contributed by atoms with Crippen LogP contribution >= 0.6 is 0 Å². The standard InChI is InChI=1S/C9H12F2N2/c10-5-2-6-13-9-7(11)3-1-4-8(9)12/h1,3-4,13H,2,5-6,12H2. The molecule has 0 unspecified atom stereocenters. The largest absolute Gasteiger partial charge is 0.397 e. The van der Waals surface area contributed by atoms with Crippen LogP contribution in [0.2, 0.25) is 0 Å². The Morgan fingerprint density at radius 1 is 1.38 bits per heavy atom. The Labute approximate surface area is 75.7 Å². The molecule has 0 amide bonds. The lowest BCUT2D eigenvalue weighted by Gasteiger charge is -2.08. The fourth-order valence-corrected chi connectivity index (χ4v) is 1.01. The highest BCUT2D eigenvalue weighted by molar-refractivity contribution is 5.66. The number of nitrogens with two attached hydrogens (primary N) is 1. The molecule has 0 saturated carbocycles. The fourth-order valence-electron chi connectivity index (χ4n) is 1.01. The summed E-state index contributed by atoms with van der Waals surface area (Å²) in [4.78, 5) is 0. The lowest BCUT2D eigenvalue weighted by atomic mass is 10.2. The Morgan fingerprint density at radius 3 is 2.77 bits per heavy atom. The van der Waals surface area contributed by atoms with Gasteiger partial charge in [0, 0.05) is 6.54 Å². The molecular formula is C9H12F2N2. The van der Waals surface area contributed by atoms with Crippen molar-refractivity contribution in [2.24, 2.45) is 0 Å². The van der Waals surface area contributed by atoms with Crippen molar-refractivity contribution in [3.8, 4) is 0 Å². The molecule has 4 heteroatoms. The molecule has 2 nitrogen and oxygen atoms in total. The van der Waals surface area contributed by atoms with E-state index in [1.165, 1.54) is 12.1 Å². The zero-order valence-corrected chi connectivity index (χ0v) is 7.19. The Bertz CT molecular complexity index is 256. The Kier molecular flexibility index (Phi) is 3.49. The van der Waals surface area contributed by atoms with Crippen LogP contribution in [0.15, 0.2) is 18.2 Å². The molecular weight excluding hydrogens is 174 g/mol. The van der Waals surface area contributed by atoms with Crippen LogP contribution in [-0.2, 0) is 0 Å². The van der Waals surface area contributed by atoms with Crippen molar-refractivity contribution in [1.29, 1.82) is 0 Å². The molecule has 0 aromatic heterocycles. The minimum absolute atomic E-state index is 0.260. The van der Waals surface area contributed by atoms with Gasteiger partial charge in [-0.15, -0.1) is 0 Å².